The summed E-state index contributed by atoms with van der Waals surface area (Å²) in [5, 5.41) is 15.1. The third-order valence-corrected chi connectivity index (χ3v) is 6.55. The van der Waals surface area contributed by atoms with E-state index in [0.717, 1.165) is 0 Å². The van der Waals surface area contributed by atoms with E-state index in [-0.39, 0.29) is 46.9 Å². The maximum absolute atomic E-state index is 13.3. The molecule has 1 aromatic carbocycles. The number of rotatable bonds is 5. The molecule has 4 rings (SSSR count). The van der Waals surface area contributed by atoms with E-state index in [1.54, 1.807) is 28.9 Å². The number of ether oxygens (including phenoxy) is 1. The number of hydrogen-bond acceptors (Lipinski definition) is 7. The zero-order valence-electron chi connectivity index (χ0n) is 19.2. The molecule has 186 valence electrons. The lowest BCUT2D eigenvalue weighted by atomic mass is 10.0. The number of anilines is 1. The van der Waals surface area contributed by atoms with Gasteiger partial charge < -0.3 is 24.8 Å². The Bertz CT molecular complexity index is 1210. The number of aryl methyl sites for hydroxylation is 1. The van der Waals surface area contributed by atoms with Gasteiger partial charge in [-0.1, -0.05) is 15.9 Å². The lowest BCUT2D eigenvalue weighted by molar-refractivity contribution is -0.384. The molecule has 2 aliphatic rings. The summed E-state index contributed by atoms with van der Waals surface area (Å²) in [5.74, 6) is -0.594. The molecule has 1 atom stereocenters. The van der Waals surface area contributed by atoms with Crippen molar-refractivity contribution in [3.8, 4) is 0 Å². The summed E-state index contributed by atoms with van der Waals surface area (Å²) in [7, 11) is 0. The SMILES string of the molecule is Cc1cc(C(=O)N2CCCC(Nc3c(C(=O)N4CCOCC4)cc(Br)cc3[N+](=O)[O-])C2)cc(=O)[nH]1. The molecule has 2 amide bonds. The Kier molecular flexibility index (Phi) is 7.51. The summed E-state index contributed by atoms with van der Waals surface area (Å²) < 4.78 is 5.75. The normalized spacial score (nSPS) is 18.3. The first kappa shape index (κ1) is 24.9. The summed E-state index contributed by atoms with van der Waals surface area (Å²) in [5.41, 5.74) is 0.651. The molecule has 0 aliphatic carbocycles. The summed E-state index contributed by atoms with van der Waals surface area (Å²) >= 11 is 3.29. The molecule has 0 radical (unpaired) electrons. The number of amides is 2. The van der Waals surface area contributed by atoms with E-state index >= 15 is 0 Å². The number of carbonyl (C=O) groups excluding carboxylic acids is 2. The van der Waals surface area contributed by atoms with Crippen LogP contribution in [0, 0.1) is 17.0 Å². The Balaban J connectivity index is 1.61. The zero-order valence-corrected chi connectivity index (χ0v) is 20.8. The molecule has 0 spiro atoms. The summed E-state index contributed by atoms with van der Waals surface area (Å²) in [4.78, 5) is 55.4. The first-order valence-corrected chi connectivity index (χ1v) is 12.1. The highest BCUT2D eigenvalue weighted by atomic mass is 79.9. The fourth-order valence-electron chi connectivity index (χ4n) is 4.47. The number of aromatic amines is 1. The van der Waals surface area contributed by atoms with Gasteiger partial charge in [0.05, 0.1) is 23.7 Å². The lowest BCUT2D eigenvalue weighted by Crippen LogP contribution is -2.46. The van der Waals surface area contributed by atoms with Gasteiger partial charge in [0.1, 0.15) is 5.69 Å². The van der Waals surface area contributed by atoms with E-state index in [4.69, 9.17) is 4.74 Å². The van der Waals surface area contributed by atoms with Crippen molar-refractivity contribution < 1.29 is 19.2 Å². The fraction of sp³-hybridized carbons (Fsp3) is 0.435. The minimum Gasteiger partial charge on any atom is -0.378 e. The minimum atomic E-state index is -0.520. The number of nitrogens with zero attached hydrogens (tertiary/aromatic N) is 3. The number of hydrogen-bond donors (Lipinski definition) is 2. The van der Waals surface area contributed by atoms with E-state index in [1.165, 1.54) is 12.1 Å². The number of morpholine rings is 1. The van der Waals surface area contributed by atoms with Crippen molar-refractivity contribution in [3.63, 3.8) is 0 Å². The summed E-state index contributed by atoms with van der Waals surface area (Å²) in [6, 6.07) is 5.53. The molecule has 0 bridgehead atoms. The molecular weight excluding hydrogens is 522 g/mol. The van der Waals surface area contributed by atoms with Crippen molar-refractivity contribution in [1.29, 1.82) is 0 Å². The molecule has 0 saturated carbocycles. The average Bonchev–Trinajstić information content (AvgIpc) is 2.84. The number of piperidine rings is 1. The number of pyridine rings is 1. The highest BCUT2D eigenvalue weighted by Gasteiger charge is 2.31. The van der Waals surface area contributed by atoms with Crippen molar-refractivity contribution in [2.24, 2.45) is 0 Å². The Morgan fingerprint density at radius 3 is 2.57 bits per heavy atom. The van der Waals surface area contributed by atoms with Gasteiger partial charge in [-0.3, -0.25) is 24.5 Å². The van der Waals surface area contributed by atoms with Crippen LogP contribution in [0.3, 0.4) is 0 Å². The van der Waals surface area contributed by atoms with Crippen LogP contribution in [0.1, 0.15) is 39.3 Å². The molecule has 2 fully saturated rings. The second kappa shape index (κ2) is 10.6. The number of halogens is 1. The van der Waals surface area contributed by atoms with Crippen LogP contribution >= 0.6 is 15.9 Å². The number of carbonyl (C=O) groups is 2. The number of nitro groups is 1. The van der Waals surface area contributed by atoms with Gasteiger partial charge >= 0.3 is 0 Å². The average molecular weight is 548 g/mol. The highest BCUT2D eigenvalue weighted by Crippen LogP contribution is 2.35. The van der Waals surface area contributed by atoms with Crippen molar-refractivity contribution in [2.75, 3.05) is 44.7 Å². The molecule has 2 aliphatic heterocycles. The van der Waals surface area contributed by atoms with Gasteiger partial charge in [-0.25, -0.2) is 0 Å². The minimum absolute atomic E-state index is 0.140. The molecule has 12 heteroatoms. The predicted octanol–water partition coefficient (Wildman–Crippen LogP) is 2.54. The van der Waals surface area contributed by atoms with Gasteiger partial charge in [0.15, 0.2) is 0 Å². The van der Waals surface area contributed by atoms with E-state index in [0.29, 0.717) is 61.4 Å². The van der Waals surface area contributed by atoms with Crippen LogP contribution in [0.15, 0.2) is 33.5 Å². The molecule has 1 aromatic heterocycles. The number of nitro benzene ring substituents is 1. The number of aromatic nitrogens is 1. The Morgan fingerprint density at radius 1 is 1.14 bits per heavy atom. The predicted molar refractivity (Wildman–Crippen MR) is 132 cm³/mol. The fourth-order valence-corrected chi connectivity index (χ4v) is 4.91. The van der Waals surface area contributed by atoms with Crippen LogP contribution in [0.4, 0.5) is 11.4 Å². The Labute approximate surface area is 209 Å². The van der Waals surface area contributed by atoms with Gasteiger partial charge in [-0.15, -0.1) is 0 Å². The van der Waals surface area contributed by atoms with E-state index in [2.05, 4.69) is 26.2 Å². The first-order chi connectivity index (χ1) is 16.7. The van der Waals surface area contributed by atoms with Gasteiger partial charge in [0.25, 0.3) is 17.5 Å². The molecule has 2 N–H and O–H groups in total. The molecule has 3 heterocycles. The van der Waals surface area contributed by atoms with E-state index in [1.807, 2.05) is 0 Å². The number of likely N-dealkylation sites (tertiary alicyclic amines) is 1. The van der Waals surface area contributed by atoms with Gasteiger partial charge in [-0.05, 0) is 31.9 Å². The molecule has 1 unspecified atom stereocenters. The number of H-pyrrole nitrogens is 1. The van der Waals surface area contributed by atoms with Crippen molar-refractivity contribution in [1.82, 2.24) is 14.8 Å². The summed E-state index contributed by atoms with van der Waals surface area (Å²) in [6.07, 6.45) is 1.33. The van der Waals surface area contributed by atoms with E-state index < -0.39 is 4.92 Å². The second-order valence-corrected chi connectivity index (χ2v) is 9.58. The third-order valence-electron chi connectivity index (χ3n) is 6.09. The van der Waals surface area contributed by atoms with Crippen molar-refractivity contribution >= 4 is 39.1 Å². The van der Waals surface area contributed by atoms with Crippen LogP contribution in [-0.4, -0.2) is 77.0 Å². The van der Waals surface area contributed by atoms with Gasteiger partial charge in [0, 0.05) is 60.1 Å². The van der Waals surface area contributed by atoms with Crippen LogP contribution in [0.5, 0.6) is 0 Å². The van der Waals surface area contributed by atoms with Crippen LogP contribution in [0.2, 0.25) is 0 Å². The molecular formula is C23H26BrN5O6. The number of nitrogens with one attached hydrogen (secondary N) is 2. The van der Waals surface area contributed by atoms with Gasteiger partial charge in [0.2, 0.25) is 5.56 Å². The van der Waals surface area contributed by atoms with E-state index in [9.17, 15) is 24.5 Å². The first-order valence-electron chi connectivity index (χ1n) is 11.3. The maximum Gasteiger partial charge on any atom is 0.294 e. The molecule has 11 nitrogen and oxygen atoms in total. The Morgan fingerprint density at radius 2 is 1.89 bits per heavy atom. The van der Waals surface area contributed by atoms with Crippen LogP contribution in [0.25, 0.3) is 0 Å². The molecule has 2 saturated heterocycles. The monoisotopic (exact) mass is 547 g/mol. The standard InChI is InChI=1S/C23H26BrN5O6/c1-14-9-15(10-20(30)25-14)22(31)28-4-2-3-17(13-28)26-21-18(11-16(24)12-19(21)29(33)34)23(32)27-5-7-35-8-6-27/h9-12,17,26H,2-8,13H2,1H3,(H,25,30). The highest BCUT2D eigenvalue weighted by molar-refractivity contribution is 9.10. The lowest BCUT2D eigenvalue weighted by Gasteiger charge is -2.34. The third kappa shape index (κ3) is 5.70. The number of benzene rings is 1. The molecule has 35 heavy (non-hydrogen) atoms. The van der Waals surface area contributed by atoms with Crippen LogP contribution < -0.4 is 10.9 Å². The zero-order chi connectivity index (χ0) is 25.1. The second-order valence-electron chi connectivity index (χ2n) is 8.66. The summed E-state index contributed by atoms with van der Waals surface area (Å²) in [6.45, 7) is 4.12. The molecule has 2 aromatic rings. The maximum atomic E-state index is 13.3. The topological polar surface area (TPSA) is 138 Å². The van der Waals surface area contributed by atoms with Crippen LogP contribution in [-0.2, 0) is 4.74 Å². The quantitative estimate of drug-likeness (QED) is 0.433. The van der Waals surface area contributed by atoms with Gasteiger partial charge in [-0.2, -0.15) is 0 Å². The Hall–Kier alpha value is -3.25. The van der Waals surface area contributed by atoms with Crippen molar-refractivity contribution in [2.45, 2.75) is 25.8 Å². The largest absolute Gasteiger partial charge is 0.378 e. The van der Waals surface area contributed by atoms with Crippen molar-refractivity contribution in [3.05, 3.63) is 66.0 Å². The smallest absolute Gasteiger partial charge is 0.294 e.